The molecule has 0 amide bonds. The summed E-state index contributed by atoms with van der Waals surface area (Å²) in [5.74, 6) is 1.96. The van der Waals surface area contributed by atoms with Crippen LogP contribution in [0.2, 0.25) is 0 Å². The van der Waals surface area contributed by atoms with Gasteiger partial charge in [-0.15, -0.1) is 0 Å². The van der Waals surface area contributed by atoms with Crippen LogP contribution in [0.1, 0.15) is 18.9 Å². The number of thiocarbonyl (C=S) groups is 1. The van der Waals surface area contributed by atoms with Crippen LogP contribution >= 0.6 is 24.0 Å². The molecule has 1 aromatic rings. The fourth-order valence-corrected chi connectivity index (χ4v) is 2.57. The van der Waals surface area contributed by atoms with E-state index in [1.807, 2.05) is 36.0 Å². The van der Waals surface area contributed by atoms with E-state index in [2.05, 4.69) is 25.1 Å². The predicted octanol–water partition coefficient (Wildman–Crippen LogP) is 2.77. The summed E-state index contributed by atoms with van der Waals surface area (Å²) in [7, 11) is 2.13. The molecule has 0 heterocycles. The minimum atomic E-state index is 0.377. The Morgan fingerprint density at radius 3 is 2.80 bits per heavy atom. The second-order valence-electron chi connectivity index (χ2n) is 4.82. The molecule has 0 aliphatic heterocycles. The Bertz CT molecular complexity index is 426. The molecule has 0 saturated heterocycles. The SMILES string of the molecule is CSCCC(C)N(C)CCOc1ccccc1C(N)=S. The van der Waals surface area contributed by atoms with E-state index in [-0.39, 0.29) is 0 Å². The van der Waals surface area contributed by atoms with E-state index in [0.29, 0.717) is 17.6 Å². The summed E-state index contributed by atoms with van der Waals surface area (Å²) in [5.41, 5.74) is 6.49. The second-order valence-corrected chi connectivity index (χ2v) is 6.25. The lowest BCUT2D eigenvalue weighted by Crippen LogP contribution is -2.33. The highest BCUT2D eigenvalue weighted by Gasteiger charge is 2.10. The van der Waals surface area contributed by atoms with Crippen molar-refractivity contribution >= 4 is 29.0 Å². The number of ether oxygens (including phenoxy) is 1. The maximum absolute atomic E-state index is 5.81. The Labute approximate surface area is 131 Å². The summed E-state index contributed by atoms with van der Waals surface area (Å²) in [6.45, 7) is 3.78. The van der Waals surface area contributed by atoms with Crippen molar-refractivity contribution in [3.63, 3.8) is 0 Å². The molecule has 0 saturated carbocycles. The molecule has 1 unspecified atom stereocenters. The van der Waals surface area contributed by atoms with Crippen molar-refractivity contribution in [2.24, 2.45) is 5.73 Å². The fourth-order valence-electron chi connectivity index (χ4n) is 1.82. The van der Waals surface area contributed by atoms with Crippen LogP contribution < -0.4 is 10.5 Å². The molecule has 0 radical (unpaired) electrons. The van der Waals surface area contributed by atoms with Gasteiger partial charge in [-0.2, -0.15) is 11.8 Å². The van der Waals surface area contributed by atoms with Crippen molar-refractivity contribution < 1.29 is 4.74 Å². The average molecular weight is 313 g/mol. The molecule has 0 aliphatic carbocycles. The number of nitrogens with zero attached hydrogens (tertiary/aromatic N) is 1. The third-order valence-corrected chi connectivity index (χ3v) is 4.21. The summed E-state index contributed by atoms with van der Waals surface area (Å²) >= 11 is 6.91. The van der Waals surface area contributed by atoms with Crippen molar-refractivity contribution in [3.8, 4) is 5.75 Å². The number of thioether (sulfide) groups is 1. The first-order chi connectivity index (χ1) is 9.56. The molecule has 112 valence electrons. The Morgan fingerprint density at radius 1 is 1.45 bits per heavy atom. The molecule has 3 nitrogen and oxygen atoms in total. The zero-order valence-corrected chi connectivity index (χ0v) is 14.1. The van der Waals surface area contributed by atoms with Crippen molar-refractivity contribution in [2.75, 3.05) is 32.2 Å². The Hall–Kier alpha value is -0.780. The second kappa shape index (κ2) is 9.21. The van der Waals surface area contributed by atoms with Gasteiger partial charge < -0.3 is 15.4 Å². The van der Waals surface area contributed by atoms with Gasteiger partial charge in [-0.05, 0) is 44.5 Å². The first kappa shape index (κ1) is 17.3. The van der Waals surface area contributed by atoms with Crippen molar-refractivity contribution in [3.05, 3.63) is 29.8 Å². The van der Waals surface area contributed by atoms with Crippen molar-refractivity contribution in [1.82, 2.24) is 4.90 Å². The van der Waals surface area contributed by atoms with Crippen LogP contribution in [0.15, 0.2) is 24.3 Å². The van der Waals surface area contributed by atoms with Crippen LogP contribution in [0.3, 0.4) is 0 Å². The number of hydrogen-bond donors (Lipinski definition) is 1. The highest BCUT2D eigenvalue weighted by Crippen LogP contribution is 2.17. The monoisotopic (exact) mass is 312 g/mol. The van der Waals surface area contributed by atoms with Crippen LogP contribution in [-0.4, -0.2) is 48.1 Å². The average Bonchev–Trinajstić information content (AvgIpc) is 2.44. The number of para-hydroxylation sites is 1. The van der Waals surface area contributed by atoms with Gasteiger partial charge in [-0.1, -0.05) is 24.4 Å². The molecular formula is C15H24N2OS2. The molecule has 0 aliphatic rings. The molecule has 0 aromatic heterocycles. The summed E-state index contributed by atoms with van der Waals surface area (Å²) in [5, 5.41) is 0. The number of benzene rings is 1. The zero-order valence-electron chi connectivity index (χ0n) is 12.5. The molecule has 20 heavy (non-hydrogen) atoms. The van der Waals surface area contributed by atoms with Gasteiger partial charge >= 0.3 is 0 Å². The van der Waals surface area contributed by atoms with Gasteiger partial charge in [0.2, 0.25) is 0 Å². The van der Waals surface area contributed by atoms with Gasteiger partial charge in [0, 0.05) is 12.6 Å². The van der Waals surface area contributed by atoms with Gasteiger partial charge in [-0.25, -0.2) is 0 Å². The maximum Gasteiger partial charge on any atom is 0.129 e. The van der Waals surface area contributed by atoms with Gasteiger partial charge in [0.15, 0.2) is 0 Å². The van der Waals surface area contributed by atoms with Crippen LogP contribution in [0.25, 0.3) is 0 Å². The number of rotatable bonds is 9. The standard InChI is InChI=1S/C15H24N2OS2/c1-12(8-11-20-3)17(2)9-10-18-14-7-5-4-6-13(14)15(16)19/h4-7,12H,8-11H2,1-3H3,(H2,16,19). The topological polar surface area (TPSA) is 38.5 Å². The first-order valence-corrected chi connectivity index (χ1v) is 8.57. The predicted molar refractivity (Wildman–Crippen MR) is 92.9 cm³/mol. The van der Waals surface area contributed by atoms with E-state index in [0.717, 1.165) is 17.9 Å². The van der Waals surface area contributed by atoms with Crippen LogP contribution in [0, 0.1) is 0 Å². The van der Waals surface area contributed by atoms with E-state index in [1.54, 1.807) is 0 Å². The molecule has 1 aromatic carbocycles. The Kier molecular flexibility index (Phi) is 7.95. The lowest BCUT2D eigenvalue weighted by molar-refractivity contribution is 0.197. The van der Waals surface area contributed by atoms with Gasteiger partial charge in [0.1, 0.15) is 17.3 Å². The zero-order chi connectivity index (χ0) is 15.0. The van der Waals surface area contributed by atoms with Crippen molar-refractivity contribution in [2.45, 2.75) is 19.4 Å². The summed E-state index contributed by atoms with van der Waals surface area (Å²) in [6.07, 6.45) is 3.34. The van der Waals surface area contributed by atoms with Crippen LogP contribution in [0.5, 0.6) is 5.75 Å². The normalized spacial score (nSPS) is 12.4. The van der Waals surface area contributed by atoms with Gasteiger partial charge in [0.25, 0.3) is 0 Å². The molecule has 0 spiro atoms. The lowest BCUT2D eigenvalue weighted by atomic mass is 10.2. The molecule has 0 fully saturated rings. The van der Waals surface area contributed by atoms with Gasteiger partial charge in [-0.3, -0.25) is 0 Å². The minimum Gasteiger partial charge on any atom is -0.492 e. The number of likely N-dealkylation sites (N-methyl/N-ethyl adjacent to an activating group) is 1. The van der Waals surface area contributed by atoms with Gasteiger partial charge in [0.05, 0.1) is 5.56 Å². The fraction of sp³-hybridized carbons (Fsp3) is 0.533. The number of hydrogen-bond acceptors (Lipinski definition) is 4. The van der Waals surface area contributed by atoms with Crippen LogP contribution in [-0.2, 0) is 0 Å². The van der Waals surface area contributed by atoms with E-state index < -0.39 is 0 Å². The Balaban J connectivity index is 2.42. The van der Waals surface area contributed by atoms with E-state index in [4.69, 9.17) is 22.7 Å². The molecule has 1 atom stereocenters. The highest BCUT2D eigenvalue weighted by atomic mass is 32.2. The minimum absolute atomic E-state index is 0.377. The number of nitrogens with two attached hydrogens (primary N) is 1. The van der Waals surface area contributed by atoms with E-state index in [1.165, 1.54) is 12.2 Å². The van der Waals surface area contributed by atoms with E-state index in [9.17, 15) is 0 Å². The smallest absolute Gasteiger partial charge is 0.129 e. The third kappa shape index (κ3) is 5.69. The summed E-state index contributed by atoms with van der Waals surface area (Å²) in [6, 6.07) is 8.21. The summed E-state index contributed by atoms with van der Waals surface area (Å²) < 4.78 is 5.81. The maximum atomic E-state index is 5.81. The van der Waals surface area contributed by atoms with Crippen molar-refractivity contribution in [1.29, 1.82) is 0 Å². The quantitative estimate of drug-likeness (QED) is 0.710. The highest BCUT2D eigenvalue weighted by molar-refractivity contribution is 7.98. The largest absolute Gasteiger partial charge is 0.492 e. The molecule has 1 rings (SSSR count). The molecular weight excluding hydrogens is 288 g/mol. The first-order valence-electron chi connectivity index (χ1n) is 6.77. The molecule has 2 N–H and O–H groups in total. The lowest BCUT2D eigenvalue weighted by Gasteiger charge is -2.24. The summed E-state index contributed by atoms with van der Waals surface area (Å²) in [4.78, 5) is 2.70. The molecule has 5 heteroatoms. The van der Waals surface area contributed by atoms with E-state index >= 15 is 0 Å². The third-order valence-electron chi connectivity index (χ3n) is 3.35. The Morgan fingerprint density at radius 2 is 2.15 bits per heavy atom. The molecule has 0 bridgehead atoms. The van der Waals surface area contributed by atoms with Crippen LogP contribution in [0.4, 0.5) is 0 Å².